The largest absolute Gasteiger partial charge is 0.350 e. The number of halogens is 1. The number of carbonyl (C=O) groups excluding carboxylic acids is 1. The van der Waals surface area contributed by atoms with Gasteiger partial charge in [0.05, 0.1) is 23.5 Å². The first kappa shape index (κ1) is 27.3. The third kappa shape index (κ3) is 7.18. The first-order chi connectivity index (χ1) is 16.9. The molecule has 200 valence electrons. The van der Waals surface area contributed by atoms with E-state index in [-0.39, 0.29) is 28.8 Å². The van der Waals surface area contributed by atoms with Gasteiger partial charge in [-0.15, -0.1) is 11.6 Å². The molecule has 1 amide bonds. The highest BCUT2D eigenvalue weighted by atomic mass is 35.5. The second kappa shape index (κ2) is 12.7. The molecule has 0 bridgehead atoms. The number of nitrogens with one attached hydrogen (secondary N) is 3. The van der Waals surface area contributed by atoms with Gasteiger partial charge in [-0.3, -0.25) is 9.69 Å². The summed E-state index contributed by atoms with van der Waals surface area (Å²) in [5.74, 6) is -0.521. The zero-order valence-corrected chi connectivity index (χ0v) is 22.3. The van der Waals surface area contributed by atoms with Gasteiger partial charge in [0.2, 0.25) is 5.91 Å². The van der Waals surface area contributed by atoms with E-state index in [2.05, 4.69) is 44.9 Å². The van der Waals surface area contributed by atoms with Crippen molar-refractivity contribution in [2.75, 3.05) is 52.9 Å². The minimum absolute atomic E-state index is 0.0234. The van der Waals surface area contributed by atoms with Crippen LogP contribution in [0.25, 0.3) is 0 Å². The zero-order chi connectivity index (χ0) is 24.8. The van der Waals surface area contributed by atoms with Gasteiger partial charge >= 0.3 is 0 Å². The summed E-state index contributed by atoms with van der Waals surface area (Å²) >= 11 is 6.58. The Hall–Kier alpha value is -0.740. The smallest absolute Gasteiger partial charge is 0.227 e. The lowest BCUT2D eigenvalue weighted by molar-refractivity contribution is -0.128. The summed E-state index contributed by atoms with van der Waals surface area (Å²) in [7, 11) is 2.19. The molecule has 2 saturated heterocycles. The van der Waals surface area contributed by atoms with E-state index in [1.807, 2.05) is 0 Å². The normalized spacial score (nSPS) is 35.1. The Bertz CT molecular complexity index is 714. The van der Waals surface area contributed by atoms with Crippen LogP contribution in [-0.4, -0.2) is 98.2 Å². The maximum absolute atomic E-state index is 13.8. The lowest BCUT2D eigenvalue weighted by Crippen LogP contribution is -2.64. The Morgan fingerprint density at radius 1 is 1.11 bits per heavy atom. The highest BCUT2D eigenvalue weighted by Gasteiger charge is 2.41. The van der Waals surface area contributed by atoms with Gasteiger partial charge in [0.1, 0.15) is 0 Å². The van der Waals surface area contributed by atoms with Crippen molar-refractivity contribution in [2.24, 2.45) is 22.8 Å². The molecule has 3 aliphatic heterocycles. The van der Waals surface area contributed by atoms with Gasteiger partial charge in [0.15, 0.2) is 0 Å². The number of rotatable bonds is 5. The molecule has 4 rings (SSSR count). The van der Waals surface area contributed by atoms with Crippen LogP contribution in [0.15, 0.2) is 12.2 Å². The van der Waals surface area contributed by atoms with Crippen molar-refractivity contribution in [3.63, 3.8) is 0 Å². The Kier molecular flexibility index (Phi) is 9.89. The molecular weight excluding hydrogens is 462 g/mol. The average molecular weight is 510 g/mol. The van der Waals surface area contributed by atoms with E-state index in [9.17, 15) is 4.79 Å². The Balaban J connectivity index is 1.48. The summed E-state index contributed by atoms with van der Waals surface area (Å²) in [4.78, 5) is 18.8. The molecule has 8 nitrogen and oxygen atoms in total. The third-order valence-electron chi connectivity index (χ3n) is 8.86. The standard InChI is InChI=1S/C26H48ClN7O/c1-33-12-5-13-34(15-14-33)22-7-11-30-18-21(22)32-25(35)23(24(28)29)20-16-26(8-3-2-4-9-26)10-6-19(27)17-31-20/h6,10,19-24,30-31H,2-5,7-9,11-18,28-29H2,1H3,(H,32,35)/b10-6-. The molecule has 1 saturated carbocycles. The summed E-state index contributed by atoms with van der Waals surface area (Å²) < 4.78 is 0. The molecule has 0 aromatic rings. The average Bonchev–Trinajstić information content (AvgIpc) is 3.05. The van der Waals surface area contributed by atoms with Crippen LogP contribution in [0, 0.1) is 11.3 Å². The number of amides is 1. The highest BCUT2D eigenvalue weighted by molar-refractivity contribution is 6.22. The quantitative estimate of drug-likeness (QED) is 0.212. The number of nitrogens with zero attached hydrogens (tertiary/aromatic N) is 2. The number of piperidine rings is 1. The fourth-order valence-electron chi connectivity index (χ4n) is 6.83. The predicted octanol–water partition coefficient (Wildman–Crippen LogP) is 0.806. The number of alkyl halides is 1. The van der Waals surface area contributed by atoms with Crippen LogP contribution in [0.5, 0.6) is 0 Å². The number of hydrogen-bond acceptors (Lipinski definition) is 7. The number of carbonyl (C=O) groups is 1. The van der Waals surface area contributed by atoms with Gasteiger partial charge in [-0.05, 0) is 64.2 Å². The van der Waals surface area contributed by atoms with Crippen LogP contribution in [0.3, 0.4) is 0 Å². The highest BCUT2D eigenvalue weighted by Crippen LogP contribution is 2.43. The van der Waals surface area contributed by atoms with Gasteiger partial charge < -0.3 is 32.3 Å². The van der Waals surface area contributed by atoms with E-state index in [1.165, 1.54) is 25.7 Å². The van der Waals surface area contributed by atoms with Crippen LogP contribution >= 0.6 is 11.6 Å². The van der Waals surface area contributed by atoms with E-state index >= 15 is 0 Å². The van der Waals surface area contributed by atoms with Crippen LogP contribution in [-0.2, 0) is 4.79 Å². The van der Waals surface area contributed by atoms with Crippen LogP contribution in [0.4, 0.5) is 0 Å². The van der Waals surface area contributed by atoms with Crippen molar-refractivity contribution in [1.29, 1.82) is 0 Å². The third-order valence-corrected chi connectivity index (χ3v) is 9.16. The summed E-state index contributed by atoms with van der Waals surface area (Å²) in [6, 6.07) is 0.298. The van der Waals surface area contributed by atoms with E-state index in [0.717, 1.165) is 65.0 Å². The first-order valence-electron chi connectivity index (χ1n) is 13.9. The van der Waals surface area contributed by atoms with Gasteiger partial charge in [-0.1, -0.05) is 31.4 Å². The lowest BCUT2D eigenvalue weighted by atomic mass is 9.67. The Morgan fingerprint density at radius 3 is 2.69 bits per heavy atom. The zero-order valence-electron chi connectivity index (χ0n) is 21.6. The fourth-order valence-corrected chi connectivity index (χ4v) is 6.99. The summed E-state index contributed by atoms with van der Waals surface area (Å²) in [5, 5.41) is 10.4. The molecule has 3 heterocycles. The van der Waals surface area contributed by atoms with Crippen molar-refractivity contribution in [2.45, 2.75) is 81.0 Å². The van der Waals surface area contributed by atoms with Gasteiger partial charge in [-0.2, -0.15) is 0 Å². The molecule has 1 spiro atoms. The first-order valence-corrected chi connectivity index (χ1v) is 14.3. The van der Waals surface area contributed by atoms with Crippen LogP contribution in [0.2, 0.25) is 0 Å². The molecule has 35 heavy (non-hydrogen) atoms. The monoisotopic (exact) mass is 509 g/mol. The molecule has 0 radical (unpaired) electrons. The molecule has 4 aliphatic rings. The Labute approximate surface area is 216 Å². The predicted molar refractivity (Wildman–Crippen MR) is 143 cm³/mol. The van der Waals surface area contributed by atoms with E-state index in [4.69, 9.17) is 23.1 Å². The van der Waals surface area contributed by atoms with Crippen molar-refractivity contribution in [3.8, 4) is 0 Å². The van der Waals surface area contributed by atoms with Crippen molar-refractivity contribution >= 4 is 17.5 Å². The summed E-state index contributed by atoms with van der Waals surface area (Å²) in [6.45, 7) is 6.71. The van der Waals surface area contributed by atoms with E-state index < -0.39 is 12.1 Å². The molecule has 0 aromatic heterocycles. The maximum atomic E-state index is 13.8. The minimum Gasteiger partial charge on any atom is -0.350 e. The number of allylic oxidation sites excluding steroid dienone is 1. The molecular formula is C26H48ClN7O. The van der Waals surface area contributed by atoms with Gasteiger partial charge in [-0.25, -0.2) is 0 Å². The van der Waals surface area contributed by atoms with Crippen LogP contribution < -0.4 is 27.4 Å². The summed E-state index contributed by atoms with van der Waals surface area (Å²) in [5.41, 5.74) is 12.7. The number of likely N-dealkylation sites (N-methyl/N-ethyl adjacent to an activating group) is 1. The second-order valence-corrected chi connectivity index (χ2v) is 12.0. The maximum Gasteiger partial charge on any atom is 0.227 e. The van der Waals surface area contributed by atoms with Gasteiger partial charge in [0, 0.05) is 38.3 Å². The minimum atomic E-state index is -0.729. The second-order valence-electron chi connectivity index (χ2n) is 11.5. The van der Waals surface area contributed by atoms with Crippen LogP contribution in [0.1, 0.15) is 51.4 Å². The summed E-state index contributed by atoms with van der Waals surface area (Å²) in [6.07, 6.45) is 12.8. The lowest BCUT2D eigenvalue weighted by Gasteiger charge is -2.43. The van der Waals surface area contributed by atoms with Crippen molar-refractivity contribution < 1.29 is 4.79 Å². The molecule has 0 aromatic carbocycles. The van der Waals surface area contributed by atoms with E-state index in [1.54, 1.807) is 0 Å². The molecule has 9 heteroatoms. The number of hydrogen-bond donors (Lipinski definition) is 5. The Morgan fingerprint density at radius 2 is 1.91 bits per heavy atom. The van der Waals surface area contributed by atoms with Crippen molar-refractivity contribution in [1.82, 2.24) is 25.8 Å². The molecule has 7 N–H and O–H groups in total. The molecule has 3 fully saturated rings. The van der Waals surface area contributed by atoms with E-state index in [0.29, 0.717) is 12.6 Å². The molecule has 5 unspecified atom stereocenters. The fraction of sp³-hybridized carbons (Fsp3) is 0.885. The molecule has 5 atom stereocenters. The van der Waals surface area contributed by atoms with Crippen molar-refractivity contribution in [3.05, 3.63) is 12.2 Å². The van der Waals surface area contributed by atoms with Gasteiger partial charge in [0.25, 0.3) is 0 Å². The number of nitrogens with two attached hydrogens (primary N) is 2. The topological polar surface area (TPSA) is 112 Å². The molecule has 1 aliphatic carbocycles. The SMILES string of the molecule is CN1CCCN(C2CCNCC2NC(=O)C(C(N)N)C2CC3(/C=C\C(Cl)CN2)CCCCC3)CC1.